The van der Waals surface area contributed by atoms with Crippen LogP contribution in [0.25, 0.3) is 0 Å². The van der Waals surface area contributed by atoms with Crippen LogP contribution in [0.15, 0.2) is 0 Å². The number of primary amides is 1. The van der Waals surface area contributed by atoms with Gasteiger partial charge >= 0.3 is 0 Å². The molecule has 3 saturated carbocycles. The molecule has 0 saturated heterocycles. The number of carbonyl (C=O) groups excluding carboxylic acids is 1. The van der Waals surface area contributed by atoms with Crippen molar-refractivity contribution in [2.75, 3.05) is 0 Å². The lowest BCUT2D eigenvalue weighted by atomic mass is 9.41. The van der Waals surface area contributed by atoms with Crippen LogP contribution in [0.3, 0.4) is 0 Å². The first-order valence-corrected chi connectivity index (χ1v) is 8.51. The maximum Gasteiger partial charge on any atom is 0.217 e. The number of rotatable bonds is 12. The minimum Gasteiger partial charge on any atom is -0.370 e. The maximum absolute atomic E-state index is 13.3. The maximum atomic E-state index is 13.3. The van der Waals surface area contributed by atoms with E-state index in [1.54, 1.807) is 0 Å². The molecule has 0 aromatic heterocycles. The second kappa shape index (κ2) is 6.91. The second-order valence-corrected chi connectivity index (χ2v) is 7.33. The topological polar surface area (TPSA) is 43.1 Å². The van der Waals surface area contributed by atoms with Gasteiger partial charge in [-0.05, 0) is 37.5 Å². The lowest BCUT2D eigenvalue weighted by Gasteiger charge is -2.66. The van der Waals surface area contributed by atoms with Crippen molar-refractivity contribution in [3.8, 4) is 0 Å². The number of alkyl halides is 1. The van der Waals surface area contributed by atoms with Crippen molar-refractivity contribution < 1.29 is 9.18 Å². The van der Waals surface area contributed by atoms with E-state index in [1.165, 1.54) is 51.4 Å². The first-order valence-electron chi connectivity index (χ1n) is 8.51. The number of hydrogen-bond acceptors (Lipinski definition) is 1. The van der Waals surface area contributed by atoms with E-state index in [4.69, 9.17) is 5.73 Å². The molecule has 3 fully saturated rings. The van der Waals surface area contributed by atoms with Gasteiger partial charge in [0.2, 0.25) is 5.91 Å². The van der Waals surface area contributed by atoms with E-state index in [-0.39, 0.29) is 5.91 Å². The van der Waals surface area contributed by atoms with E-state index in [9.17, 15) is 9.18 Å². The Morgan fingerprint density at radius 2 is 1.30 bits per heavy atom. The molecule has 0 radical (unpaired) electrons. The smallest absolute Gasteiger partial charge is 0.217 e. The van der Waals surface area contributed by atoms with Crippen molar-refractivity contribution >= 4 is 5.91 Å². The second-order valence-electron chi connectivity index (χ2n) is 7.33. The fraction of sp³-hybridized carbons (Fsp3) is 0.941. The van der Waals surface area contributed by atoms with Crippen LogP contribution in [0.5, 0.6) is 0 Å². The molecular weight excluding hydrogens is 253 g/mol. The van der Waals surface area contributed by atoms with Crippen molar-refractivity contribution in [2.45, 2.75) is 95.6 Å². The minimum absolute atomic E-state index is 0.174. The number of hydrogen-bond donors (Lipinski definition) is 1. The average molecular weight is 283 g/mol. The van der Waals surface area contributed by atoms with Crippen LogP contribution in [0.1, 0.15) is 89.9 Å². The summed E-state index contributed by atoms with van der Waals surface area (Å²) in [4.78, 5) is 10.6. The summed E-state index contributed by atoms with van der Waals surface area (Å²) in [6.45, 7) is 0. The zero-order chi connectivity index (χ0) is 14.5. The van der Waals surface area contributed by atoms with Crippen molar-refractivity contribution in [1.29, 1.82) is 0 Å². The van der Waals surface area contributed by atoms with Crippen molar-refractivity contribution in [1.82, 2.24) is 0 Å². The molecule has 0 aromatic carbocycles. The Morgan fingerprint density at radius 1 is 0.850 bits per heavy atom. The van der Waals surface area contributed by atoms with Crippen molar-refractivity contribution in [3.05, 3.63) is 0 Å². The van der Waals surface area contributed by atoms with Crippen LogP contribution >= 0.6 is 0 Å². The van der Waals surface area contributed by atoms with Gasteiger partial charge in [0, 0.05) is 6.42 Å². The lowest BCUT2D eigenvalue weighted by Crippen LogP contribution is -2.64. The molecule has 2 bridgehead atoms. The molecule has 0 aromatic rings. The molecule has 3 rings (SSSR count). The molecule has 116 valence electrons. The Kier molecular flexibility index (Phi) is 5.45. The van der Waals surface area contributed by atoms with E-state index < -0.39 is 5.67 Å². The number of amides is 1. The van der Waals surface area contributed by atoms with Gasteiger partial charge in [0.25, 0.3) is 0 Å². The summed E-state index contributed by atoms with van der Waals surface area (Å²) in [7, 11) is 0. The molecule has 2 nitrogen and oxygen atoms in total. The van der Waals surface area contributed by atoms with Crippen LogP contribution in [0.2, 0.25) is 0 Å². The fourth-order valence-corrected chi connectivity index (χ4v) is 4.16. The Morgan fingerprint density at radius 3 is 1.75 bits per heavy atom. The van der Waals surface area contributed by atoms with E-state index in [0.717, 1.165) is 32.1 Å². The zero-order valence-electron chi connectivity index (χ0n) is 12.8. The third kappa shape index (κ3) is 4.46. The summed E-state index contributed by atoms with van der Waals surface area (Å²) in [6.07, 6.45) is 15.6. The van der Waals surface area contributed by atoms with Crippen molar-refractivity contribution in [2.24, 2.45) is 11.1 Å². The Hall–Kier alpha value is -0.600. The summed E-state index contributed by atoms with van der Waals surface area (Å²) in [5, 5.41) is 0. The largest absolute Gasteiger partial charge is 0.370 e. The molecule has 0 atom stereocenters. The Bertz CT molecular complexity index is 309. The monoisotopic (exact) mass is 283 g/mol. The van der Waals surface area contributed by atoms with Crippen molar-refractivity contribution in [3.63, 3.8) is 0 Å². The standard InChI is InChI=1S/C17H30FNO/c18-17-12-16(13-17,14-17)11-9-7-5-3-1-2-4-6-8-10-15(19)20/h1-14H2,(H2,19,20). The Labute approximate surface area is 122 Å². The zero-order valence-corrected chi connectivity index (χ0v) is 12.8. The molecule has 3 heteroatoms. The average Bonchev–Trinajstić information content (AvgIpc) is 2.31. The van der Waals surface area contributed by atoms with Gasteiger partial charge < -0.3 is 5.73 Å². The van der Waals surface area contributed by atoms with E-state index in [1.807, 2.05) is 0 Å². The molecule has 0 heterocycles. The van der Waals surface area contributed by atoms with Crippen LogP contribution in [-0.4, -0.2) is 11.6 Å². The number of unbranched alkanes of at least 4 members (excludes halogenated alkanes) is 8. The third-order valence-electron chi connectivity index (χ3n) is 5.21. The van der Waals surface area contributed by atoms with E-state index in [2.05, 4.69) is 0 Å². The van der Waals surface area contributed by atoms with Crippen LogP contribution < -0.4 is 5.73 Å². The highest BCUT2D eigenvalue weighted by molar-refractivity contribution is 5.73. The van der Waals surface area contributed by atoms with Crippen LogP contribution in [-0.2, 0) is 4.79 Å². The fourth-order valence-electron chi connectivity index (χ4n) is 4.16. The first-order chi connectivity index (χ1) is 9.54. The predicted molar refractivity (Wildman–Crippen MR) is 80.1 cm³/mol. The van der Waals surface area contributed by atoms with Gasteiger partial charge in [-0.25, -0.2) is 4.39 Å². The van der Waals surface area contributed by atoms with E-state index in [0.29, 0.717) is 11.8 Å². The minimum atomic E-state index is -0.714. The molecule has 3 aliphatic carbocycles. The summed E-state index contributed by atoms with van der Waals surface area (Å²) in [6, 6.07) is 0. The summed E-state index contributed by atoms with van der Waals surface area (Å²) >= 11 is 0. The summed E-state index contributed by atoms with van der Waals surface area (Å²) in [5.74, 6) is -0.174. The highest BCUT2D eigenvalue weighted by Crippen LogP contribution is 2.71. The first kappa shape index (κ1) is 15.8. The molecule has 0 aliphatic heterocycles. The molecular formula is C17H30FNO. The number of carbonyl (C=O) groups is 1. The third-order valence-corrected chi connectivity index (χ3v) is 5.21. The molecule has 0 spiro atoms. The van der Waals surface area contributed by atoms with Gasteiger partial charge in [0.15, 0.2) is 0 Å². The summed E-state index contributed by atoms with van der Waals surface area (Å²) in [5.41, 5.74) is 4.84. The lowest BCUT2D eigenvalue weighted by molar-refractivity contribution is -0.217. The molecule has 0 unspecified atom stereocenters. The van der Waals surface area contributed by atoms with Gasteiger partial charge in [0.1, 0.15) is 5.67 Å². The van der Waals surface area contributed by atoms with Gasteiger partial charge in [-0.15, -0.1) is 0 Å². The summed E-state index contributed by atoms with van der Waals surface area (Å²) < 4.78 is 13.3. The number of nitrogens with two attached hydrogens (primary N) is 1. The molecule has 3 aliphatic rings. The van der Waals surface area contributed by atoms with Gasteiger partial charge in [0.05, 0.1) is 0 Å². The highest BCUT2D eigenvalue weighted by atomic mass is 19.1. The van der Waals surface area contributed by atoms with Gasteiger partial charge in [-0.1, -0.05) is 51.4 Å². The van der Waals surface area contributed by atoms with Crippen LogP contribution in [0.4, 0.5) is 4.39 Å². The van der Waals surface area contributed by atoms with Gasteiger partial charge in [-0.3, -0.25) is 4.79 Å². The highest BCUT2D eigenvalue weighted by Gasteiger charge is 2.68. The molecule has 2 N–H and O–H groups in total. The normalized spacial score (nSPS) is 30.6. The molecule has 20 heavy (non-hydrogen) atoms. The number of halogens is 1. The van der Waals surface area contributed by atoms with E-state index >= 15 is 0 Å². The predicted octanol–water partition coefficient (Wildman–Crippen LogP) is 4.66. The SMILES string of the molecule is NC(=O)CCCCCCCCCCCC12CC(F)(C1)C2. The van der Waals surface area contributed by atoms with Gasteiger partial charge in [-0.2, -0.15) is 0 Å². The molecule has 1 amide bonds. The Balaban J connectivity index is 1.29. The van der Waals surface area contributed by atoms with Crippen LogP contribution in [0, 0.1) is 5.41 Å². The quantitative estimate of drug-likeness (QED) is 0.520.